The van der Waals surface area contributed by atoms with E-state index in [1.807, 2.05) is 13.8 Å². The number of aliphatic hydroxyl groups excluding tert-OH is 1. The molecule has 0 spiro atoms. The monoisotopic (exact) mass is 252 g/mol. The summed E-state index contributed by atoms with van der Waals surface area (Å²) in [6.07, 6.45) is 0.693. The first-order valence-electron chi connectivity index (χ1n) is 6.02. The van der Waals surface area contributed by atoms with Crippen LogP contribution in [-0.2, 0) is 0 Å². The van der Waals surface area contributed by atoms with Crippen molar-refractivity contribution in [3.05, 3.63) is 23.0 Å². The van der Waals surface area contributed by atoms with Gasteiger partial charge in [0.05, 0.1) is 11.4 Å². The number of carboxylic acids is 1. The van der Waals surface area contributed by atoms with Gasteiger partial charge in [0.2, 0.25) is 0 Å². The van der Waals surface area contributed by atoms with E-state index >= 15 is 0 Å². The van der Waals surface area contributed by atoms with Crippen LogP contribution in [0, 0.1) is 19.8 Å². The van der Waals surface area contributed by atoms with Gasteiger partial charge in [0, 0.05) is 18.8 Å². The number of pyridine rings is 1. The van der Waals surface area contributed by atoms with E-state index in [-0.39, 0.29) is 18.1 Å². The molecule has 0 radical (unpaired) electrons. The van der Waals surface area contributed by atoms with Gasteiger partial charge in [-0.3, -0.25) is 4.98 Å². The maximum Gasteiger partial charge on any atom is 0.339 e. The average molecular weight is 252 g/mol. The quantitative estimate of drug-likeness (QED) is 0.719. The first-order chi connectivity index (χ1) is 8.45. The van der Waals surface area contributed by atoms with Gasteiger partial charge in [-0.1, -0.05) is 6.92 Å². The molecule has 5 heteroatoms. The summed E-state index contributed by atoms with van der Waals surface area (Å²) in [6, 6.07) is 1.74. The van der Waals surface area contributed by atoms with Crippen molar-refractivity contribution in [2.75, 3.05) is 18.5 Å². The number of carbonyl (C=O) groups is 1. The molecule has 0 saturated carbocycles. The lowest BCUT2D eigenvalue weighted by atomic mass is 10.1. The smallest absolute Gasteiger partial charge is 0.339 e. The van der Waals surface area contributed by atoms with E-state index < -0.39 is 5.97 Å². The van der Waals surface area contributed by atoms with Crippen molar-refractivity contribution in [2.45, 2.75) is 27.2 Å². The molecule has 0 saturated heterocycles. The zero-order valence-electron chi connectivity index (χ0n) is 11.0. The lowest BCUT2D eigenvalue weighted by molar-refractivity contribution is 0.0696. The number of aromatic nitrogens is 1. The molecule has 18 heavy (non-hydrogen) atoms. The molecule has 0 fully saturated rings. The summed E-state index contributed by atoms with van der Waals surface area (Å²) in [7, 11) is 0. The highest BCUT2D eigenvalue weighted by Crippen LogP contribution is 2.20. The molecule has 0 aliphatic carbocycles. The maximum atomic E-state index is 11.2. The zero-order chi connectivity index (χ0) is 13.7. The van der Waals surface area contributed by atoms with Crippen LogP contribution in [0.3, 0.4) is 0 Å². The minimum atomic E-state index is -0.975. The molecule has 1 rings (SSSR count). The molecule has 0 aliphatic heterocycles. The standard InChI is InChI=1S/C13H20N2O3/c1-8(4-5-16)7-14-11-6-9(2)15-10(3)12(11)13(17)18/h6,8,16H,4-5,7H2,1-3H3,(H,14,15)(H,17,18). The van der Waals surface area contributed by atoms with E-state index in [9.17, 15) is 9.90 Å². The van der Waals surface area contributed by atoms with Crippen molar-refractivity contribution in [3.63, 3.8) is 0 Å². The highest BCUT2D eigenvalue weighted by molar-refractivity contribution is 5.95. The molecule has 0 aliphatic rings. The van der Waals surface area contributed by atoms with Crippen LogP contribution in [0.2, 0.25) is 0 Å². The lowest BCUT2D eigenvalue weighted by Crippen LogP contribution is -2.16. The number of aryl methyl sites for hydroxylation is 2. The fourth-order valence-electron chi connectivity index (χ4n) is 1.84. The molecule has 1 unspecified atom stereocenters. The van der Waals surface area contributed by atoms with Gasteiger partial charge in [0.1, 0.15) is 5.56 Å². The number of carboxylic acid groups (broad SMARTS) is 1. The summed E-state index contributed by atoms with van der Waals surface area (Å²) in [4.78, 5) is 15.4. The van der Waals surface area contributed by atoms with Crippen LogP contribution in [0.5, 0.6) is 0 Å². The molecular formula is C13H20N2O3. The van der Waals surface area contributed by atoms with Gasteiger partial charge in [-0.15, -0.1) is 0 Å². The van der Waals surface area contributed by atoms with Crippen molar-refractivity contribution < 1.29 is 15.0 Å². The molecule has 1 atom stereocenters. The number of rotatable bonds is 6. The first-order valence-corrected chi connectivity index (χ1v) is 6.02. The number of aliphatic hydroxyl groups is 1. The number of nitrogens with zero attached hydrogens (tertiary/aromatic N) is 1. The van der Waals surface area contributed by atoms with Crippen LogP contribution in [0.4, 0.5) is 5.69 Å². The Morgan fingerprint density at radius 3 is 2.72 bits per heavy atom. The van der Waals surface area contributed by atoms with Crippen molar-refractivity contribution >= 4 is 11.7 Å². The van der Waals surface area contributed by atoms with E-state index in [1.54, 1.807) is 13.0 Å². The van der Waals surface area contributed by atoms with E-state index in [0.717, 1.165) is 5.69 Å². The highest BCUT2D eigenvalue weighted by atomic mass is 16.4. The summed E-state index contributed by atoms with van der Waals surface area (Å²) in [5.74, 6) is -0.692. The molecule has 0 amide bonds. The number of hydrogen-bond donors (Lipinski definition) is 3. The molecule has 1 aromatic rings. The maximum absolute atomic E-state index is 11.2. The predicted octanol–water partition coefficient (Wildman–Crippen LogP) is 1.83. The fourth-order valence-corrected chi connectivity index (χ4v) is 1.84. The SMILES string of the molecule is Cc1cc(NCC(C)CCO)c(C(=O)O)c(C)n1. The normalized spacial score (nSPS) is 12.2. The second-order valence-electron chi connectivity index (χ2n) is 4.58. The minimum Gasteiger partial charge on any atom is -0.478 e. The van der Waals surface area contributed by atoms with Gasteiger partial charge >= 0.3 is 5.97 Å². The van der Waals surface area contributed by atoms with Gasteiger partial charge in [-0.05, 0) is 32.3 Å². The van der Waals surface area contributed by atoms with Crippen LogP contribution >= 0.6 is 0 Å². The number of aromatic carboxylic acids is 1. The molecular weight excluding hydrogens is 232 g/mol. The van der Waals surface area contributed by atoms with Crippen molar-refractivity contribution in [1.29, 1.82) is 0 Å². The number of nitrogens with one attached hydrogen (secondary N) is 1. The van der Waals surface area contributed by atoms with E-state index in [4.69, 9.17) is 5.11 Å². The minimum absolute atomic E-state index is 0.142. The van der Waals surface area contributed by atoms with E-state index in [0.29, 0.717) is 24.3 Å². The summed E-state index contributed by atoms with van der Waals surface area (Å²) in [6.45, 7) is 6.30. The average Bonchev–Trinajstić information content (AvgIpc) is 2.25. The summed E-state index contributed by atoms with van der Waals surface area (Å²) in [5.41, 5.74) is 2.11. The Morgan fingerprint density at radius 1 is 1.50 bits per heavy atom. The number of hydrogen-bond acceptors (Lipinski definition) is 4. The topological polar surface area (TPSA) is 82.5 Å². The largest absolute Gasteiger partial charge is 0.478 e. The van der Waals surface area contributed by atoms with Crippen LogP contribution in [0.25, 0.3) is 0 Å². The Morgan fingerprint density at radius 2 is 2.17 bits per heavy atom. The second kappa shape index (κ2) is 6.35. The van der Waals surface area contributed by atoms with Gasteiger partial charge in [0.15, 0.2) is 0 Å². The third kappa shape index (κ3) is 3.70. The molecule has 1 aromatic heterocycles. The lowest BCUT2D eigenvalue weighted by Gasteiger charge is -2.15. The van der Waals surface area contributed by atoms with Crippen LogP contribution in [0.1, 0.15) is 35.1 Å². The molecule has 3 N–H and O–H groups in total. The third-order valence-electron chi connectivity index (χ3n) is 2.81. The Labute approximate surface area is 107 Å². The molecule has 0 aromatic carbocycles. The summed E-state index contributed by atoms with van der Waals surface area (Å²) >= 11 is 0. The zero-order valence-corrected chi connectivity index (χ0v) is 11.0. The van der Waals surface area contributed by atoms with Crippen molar-refractivity contribution in [3.8, 4) is 0 Å². The molecule has 1 heterocycles. The van der Waals surface area contributed by atoms with Crippen molar-refractivity contribution in [2.24, 2.45) is 5.92 Å². The second-order valence-corrected chi connectivity index (χ2v) is 4.58. The Bertz CT molecular complexity index is 432. The summed E-state index contributed by atoms with van der Waals surface area (Å²) in [5, 5.41) is 21.1. The van der Waals surface area contributed by atoms with Crippen LogP contribution in [-0.4, -0.2) is 34.3 Å². The third-order valence-corrected chi connectivity index (χ3v) is 2.81. The van der Waals surface area contributed by atoms with E-state index in [2.05, 4.69) is 10.3 Å². The molecule has 0 bridgehead atoms. The number of anilines is 1. The molecule has 5 nitrogen and oxygen atoms in total. The summed E-state index contributed by atoms with van der Waals surface area (Å²) < 4.78 is 0. The highest BCUT2D eigenvalue weighted by Gasteiger charge is 2.15. The predicted molar refractivity (Wildman–Crippen MR) is 70.0 cm³/mol. The van der Waals surface area contributed by atoms with Crippen LogP contribution in [0.15, 0.2) is 6.07 Å². The fraction of sp³-hybridized carbons (Fsp3) is 0.538. The van der Waals surface area contributed by atoms with Gasteiger partial charge in [0.25, 0.3) is 0 Å². The molecule has 100 valence electrons. The van der Waals surface area contributed by atoms with Gasteiger partial charge < -0.3 is 15.5 Å². The Kier molecular flexibility index (Phi) is 5.09. The van der Waals surface area contributed by atoms with E-state index in [1.165, 1.54) is 0 Å². The first kappa shape index (κ1) is 14.4. The Hall–Kier alpha value is -1.62. The van der Waals surface area contributed by atoms with Crippen molar-refractivity contribution in [1.82, 2.24) is 4.98 Å². The van der Waals surface area contributed by atoms with Gasteiger partial charge in [-0.2, -0.15) is 0 Å². The van der Waals surface area contributed by atoms with Gasteiger partial charge in [-0.25, -0.2) is 4.79 Å². The van der Waals surface area contributed by atoms with Crippen LogP contribution < -0.4 is 5.32 Å². The Balaban J connectivity index is 2.90.